The third-order valence-electron chi connectivity index (χ3n) is 2.91. The number of halogens is 1. The van der Waals surface area contributed by atoms with Gasteiger partial charge in [0.15, 0.2) is 5.82 Å². The highest BCUT2D eigenvalue weighted by Crippen LogP contribution is 2.18. The number of rotatable bonds is 4. The maximum absolute atomic E-state index is 12.6. The second kappa shape index (κ2) is 6.38. The first-order valence-corrected chi connectivity index (χ1v) is 6.58. The number of hydrogen-bond acceptors (Lipinski definition) is 4. The summed E-state index contributed by atoms with van der Waals surface area (Å²) in [5.74, 6) is -0.103. The lowest BCUT2D eigenvalue weighted by Crippen LogP contribution is -2.13. The molecule has 1 aromatic heterocycles. The SMILES string of the molecule is CC(=O)Oc1cc(C)cc(C(=O)Nc2cn(C)c(CF)n2)c1. The first-order chi connectivity index (χ1) is 10.4. The van der Waals surface area contributed by atoms with Crippen molar-refractivity contribution in [2.24, 2.45) is 7.05 Å². The topological polar surface area (TPSA) is 73.2 Å². The average molecular weight is 305 g/mol. The van der Waals surface area contributed by atoms with Crippen LogP contribution in [0.3, 0.4) is 0 Å². The van der Waals surface area contributed by atoms with E-state index in [0.717, 1.165) is 5.56 Å². The number of hydrogen-bond donors (Lipinski definition) is 1. The molecule has 2 rings (SSSR count). The number of carbonyl (C=O) groups excluding carboxylic acids is 2. The Morgan fingerprint density at radius 2 is 2.09 bits per heavy atom. The Bertz CT molecular complexity index is 725. The van der Waals surface area contributed by atoms with E-state index < -0.39 is 18.6 Å². The number of nitrogens with one attached hydrogen (secondary N) is 1. The third-order valence-corrected chi connectivity index (χ3v) is 2.91. The van der Waals surface area contributed by atoms with Gasteiger partial charge in [0, 0.05) is 25.7 Å². The van der Waals surface area contributed by atoms with Crippen molar-refractivity contribution in [3.63, 3.8) is 0 Å². The van der Waals surface area contributed by atoms with E-state index >= 15 is 0 Å². The second-order valence-electron chi connectivity index (χ2n) is 4.87. The molecule has 22 heavy (non-hydrogen) atoms. The molecule has 1 N–H and O–H groups in total. The molecule has 0 aliphatic heterocycles. The summed E-state index contributed by atoms with van der Waals surface area (Å²) in [6.07, 6.45) is 1.52. The van der Waals surface area contributed by atoms with E-state index in [-0.39, 0.29) is 11.6 Å². The number of ether oxygens (including phenoxy) is 1. The summed E-state index contributed by atoms with van der Waals surface area (Å²) in [6.45, 7) is 2.35. The molecule has 0 spiro atoms. The lowest BCUT2D eigenvalue weighted by Gasteiger charge is -2.07. The van der Waals surface area contributed by atoms with Crippen LogP contribution in [0.2, 0.25) is 0 Å². The summed E-state index contributed by atoms with van der Waals surface area (Å²) < 4.78 is 19.1. The number of esters is 1. The highest BCUT2D eigenvalue weighted by molar-refractivity contribution is 6.04. The van der Waals surface area contributed by atoms with E-state index in [2.05, 4.69) is 10.3 Å². The number of benzene rings is 1. The lowest BCUT2D eigenvalue weighted by molar-refractivity contribution is -0.131. The van der Waals surface area contributed by atoms with Gasteiger partial charge in [0.25, 0.3) is 5.91 Å². The van der Waals surface area contributed by atoms with E-state index in [1.54, 1.807) is 26.1 Å². The van der Waals surface area contributed by atoms with Gasteiger partial charge in [-0.3, -0.25) is 9.59 Å². The fourth-order valence-corrected chi connectivity index (χ4v) is 1.98. The molecule has 116 valence electrons. The molecule has 0 aliphatic rings. The Balaban J connectivity index is 2.21. The molecule has 7 heteroatoms. The predicted octanol–water partition coefficient (Wildman–Crippen LogP) is 2.38. The Kier molecular flexibility index (Phi) is 4.55. The van der Waals surface area contributed by atoms with Crippen LogP contribution in [0.4, 0.5) is 10.2 Å². The minimum atomic E-state index is -0.715. The van der Waals surface area contributed by atoms with E-state index in [4.69, 9.17) is 4.74 Å². The molecule has 2 aromatic rings. The van der Waals surface area contributed by atoms with Crippen LogP contribution in [0.5, 0.6) is 5.75 Å². The van der Waals surface area contributed by atoms with E-state index in [1.807, 2.05) is 0 Å². The van der Waals surface area contributed by atoms with Crippen LogP contribution in [0.15, 0.2) is 24.4 Å². The summed E-state index contributed by atoms with van der Waals surface area (Å²) >= 11 is 0. The van der Waals surface area contributed by atoms with Gasteiger partial charge in [-0.25, -0.2) is 9.37 Å². The minimum absolute atomic E-state index is 0.222. The van der Waals surface area contributed by atoms with Crippen LogP contribution in [0, 0.1) is 6.92 Å². The molecule has 0 atom stereocenters. The van der Waals surface area contributed by atoms with Crippen LogP contribution < -0.4 is 10.1 Å². The van der Waals surface area contributed by atoms with Crippen molar-refractivity contribution in [3.05, 3.63) is 41.3 Å². The van der Waals surface area contributed by atoms with Crippen molar-refractivity contribution in [1.82, 2.24) is 9.55 Å². The standard InChI is InChI=1S/C15H16FN3O3/c1-9-4-11(6-12(5-9)22-10(2)20)15(21)18-13-8-19(3)14(7-16)17-13/h4-6,8H,7H2,1-3H3,(H,18,21). The zero-order chi connectivity index (χ0) is 16.3. The highest BCUT2D eigenvalue weighted by atomic mass is 19.1. The molecule has 1 aromatic carbocycles. The van der Waals surface area contributed by atoms with Crippen LogP contribution in [0.1, 0.15) is 28.7 Å². The number of alkyl halides is 1. The Morgan fingerprint density at radius 3 is 2.68 bits per heavy atom. The van der Waals surface area contributed by atoms with Crippen LogP contribution in [-0.4, -0.2) is 21.4 Å². The number of amides is 1. The van der Waals surface area contributed by atoms with Gasteiger partial charge in [0.1, 0.15) is 18.2 Å². The van der Waals surface area contributed by atoms with Gasteiger partial charge in [-0.2, -0.15) is 0 Å². The van der Waals surface area contributed by atoms with Crippen LogP contribution in [0.25, 0.3) is 0 Å². The smallest absolute Gasteiger partial charge is 0.308 e. The molecular formula is C15H16FN3O3. The molecule has 1 amide bonds. The molecule has 0 unspecified atom stereocenters. The van der Waals surface area contributed by atoms with Crippen molar-refractivity contribution in [1.29, 1.82) is 0 Å². The van der Waals surface area contributed by atoms with Crippen molar-refractivity contribution in [2.75, 3.05) is 5.32 Å². The largest absolute Gasteiger partial charge is 0.427 e. The molecule has 0 saturated carbocycles. The number of imidazole rings is 1. The highest BCUT2D eigenvalue weighted by Gasteiger charge is 2.12. The summed E-state index contributed by atoms with van der Waals surface area (Å²) in [5.41, 5.74) is 1.10. The summed E-state index contributed by atoms with van der Waals surface area (Å²) in [7, 11) is 1.64. The van der Waals surface area contributed by atoms with Gasteiger partial charge >= 0.3 is 5.97 Å². The van der Waals surface area contributed by atoms with Crippen molar-refractivity contribution in [2.45, 2.75) is 20.5 Å². The Morgan fingerprint density at radius 1 is 1.36 bits per heavy atom. The summed E-state index contributed by atoms with van der Waals surface area (Å²) in [6, 6.07) is 4.77. The number of nitrogens with zero attached hydrogens (tertiary/aromatic N) is 2. The van der Waals surface area contributed by atoms with E-state index in [1.165, 1.54) is 23.8 Å². The first-order valence-electron chi connectivity index (χ1n) is 6.58. The maximum atomic E-state index is 12.6. The number of aryl methyl sites for hydroxylation is 2. The fraction of sp³-hybridized carbons (Fsp3) is 0.267. The summed E-state index contributed by atoms with van der Waals surface area (Å²) in [5, 5.41) is 2.58. The van der Waals surface area contributed by atoms with Crippen molar-refractivity contribution < 1.29 is 18.7 Å². The van der Waals surface area contributed by atoms with E-state index in [9.17, 15) is 14.0 Å². The molecule has 1 heterocycles. The zero-order valence-corrected chi connectivity index (χ0v) is 12.5. The Hall–Kier alpha value is -2.70. The molecular weight excluding hydrogens is 289 g/mol. The van der Waals surface area contributed by atoms with Crippen LogP contribution in [-0.2, 0) is 18.5 Å². The minimum Gasteiger partial charge on any atom is -0.427 e. The van der Waals surface area contributed by atoms with Gasteiger partial charge < -0.3 is 14.6 Å². The third kappa shape index (κ3) is 3.69. The normalized spacial score (nSPS) is 10.4. The number of carbonyl (C=O) groups is 2. The quantitative estimate of drug-likeness (QED) is 0.695. The predicted molar refractivity (Wildman–Crippen MR) is 78.5 cm³/mol. The molecule has 6 nitrogen and oxygen atoms in total. The maximum Gasteiger partial charge on any atom is 0.308 e. The van der Waals surface area contributed by atoms with Gasteiger partial charge in [-0.15, -0.1) is 0 Å². The molecule has 0 saturated heterocycles. The fourth-order valence-electron chi connectivity index (χ4n) is 1.98. The zero-order valence-electron chi connectivity index (χ0n) is 12.5. The van der Waals surface area contributed by atoms with Gasteiger partial charge in [0.05, 0.1) is 0 Å². The monoisotopic (exact) mass is 305 g/mol. The molecule has 0 bridgehead atoms. The number of aromatic nitrogens is 2. The molecule has 0 fully saturated rings. The second-order valence-corrected chi connectivity index (χ2v) is 4.87. The van der Waals surface area contributed by atoms with E-state index in [0.29, 0.717) is 11.3 Å². The molecule has 0 radical (unpaired) electrons. The Labute approximate surface area is 126 Å². The summed E-state index contributed by atoms with van der Waals surface area (Å²) in [4.78, 5) is 27.2. The van der Waals surface area contributed by atoms with Gasteiger partial charge in [-0.05, 0) is 30.7 Å². The van der Waals surface area contributed by atoms with Crippen LogP contribution >= 0.6 is 0 Å². The van der Waals surface area contributed by atoms with Gasteiger partial charge in [0.2, 0.25) is 0 Å². The number of anilines is 1. The molecule has 0 aliphatic carbocycles. The average Bonchev–Trinajstić information content (AvgIpc) is 2.77. The van der Waals surface area contributed by atoms with Crippen molar-refractivity contribution in [3.8, 4) is 5.75 Å². The van der Waals surface area contributed by atoms with Gasteiger partial charge in [-0.1, -0.05) is 0 Å². The lowest BCUT2D eigenvalue weighted by atomic mass is 10.1. The first kappa shape index (κ1) is 15.7. The van der Waals surface area contributed by atoms with Crippen molar-refractivity contribution >= 4 is 17.7 Å².